The van der Waals surface area contributed by atoms with Gasteiger partial charge in [-0.25, -0.2) is 10.1 Å². The van der Waals surface area contributed by atoms with Crippen molar-refractivity contribution >= 4 is 10.1 Å². The second-order valence-electron chi connectivity index (χ2n) is 5.51. The van der Waals surface area contributed by atoms with Gasteiger partial charge in [-0.2, -0.15) is 8.42 Å². The fourth-order valence-corrected chi connectivity index (χ4v) is 2.67. The van der Waals surface area contributed by atoms with Gasteiger partial charge in [0.2, 0.25) is 0 Å². The smallest absolute Gasteiger partial charge is 0.264 e. The van der Waals surface area contributed by atoms with Gasteiger partial charge in [0, 0.05) is 6.54 Å². The number of hydrogen-bond donors (Lipinski definition) is 4. The van der Waals surface area contributed by atoms with Crippen molar-refractivity contribution in [1.29, 1.82) is 0 Å². The first-order valence-electron chi connectivity index (χ1n) is 8.36. The highest BCUT2D eigenvalue weighted by atomic mass is 32.2. The summed E-state index contributed by atoms with van der Waals surface area (Å²) in [4.78, 5) is 4.31. The van der Waals surface area contributed by atoms with Crippen LogP contribution in [0.4, 0.5) is 0 Å². The minimum absolute atomic E-state index is 0.170. The van der Waals surface area contributed by atoms with Crippen LogP contribution in [0, 0.1) is 0 Å². The molecule has 23 heavy (non-hydrogen) atoms. The molecular weight excluding hydrogens is 324 g/mol. The first-order valence-corrected chi connectivity index (χ1v) is 9.97. The third-order valence-electron chi connectivity index (χ3n) is 3.38. The molecule has 0 aromatic carbocycles. The molecule has 0 aromatic rings. The van der Waals surface area contributed by atoms with E-state index >= 15 is 0 Å². The minimum atomic E-state index is -3.81. The van der Waals surface area contributed by atoms with Gasteiger partial charge in [0.1, 0.15) is 0 Å². The highest BCUT2D eigenvalue weighted by Crippen LogP contribution is 2.06. The number of unbranched alkanes of at least 4 members (excludes halogenated alkanes) is 6. The predicted molar refractivity (Wildman–Crippen MR) is 88.8 cm³/mol. The fraction of sp³-hybridized carbons (Fsp3) is 1.00. The summed E-state index contributed by atoms with van der Waals surface area (Å²) in [6.45, 7) is 3.47. The minimum Gasteiger partial charge on any atom is -0.317 e. The van der Waals surface area contributed by atoms with Gasteiger partial charge in [0.05, 0.1) is 12.4 Å². The standard InChI is InChI=1S/C14H32N2O6S/c17-22-21-13-12-16-10-7-5-3-1-2-4-6-9-15-11-8-14-23(18,19)20/h15-17H,1-14H2,(H,18,19,20). The molecule has 0 fully saturated rings. The summed E-state index contributed by atoms with van der Waals surface area (Å²) in [6.07, 6.45) is 8.77. The zero-order chi connectivity index (χ0) is 17.2. The quantitative estimate of drug-likeness (QED) is 0.127. The van der Waals surface area contributed by atoms with Crippen LogP contribution in [-0.2, 0) is 20.0 Å². The third-order valence-corrected chi connectivity index (χ3v) is 4.18. The van der Waals surface area contributed by atoms with E-state index in [2.05, 4.69) is 20.6 Å². The summed E-state index contributed by atoms with van der Waals surface area (Å²) >= 11 is 0. The summed E-state index contributed by atoms with van der Waals surface area (Å²) in [5.74, 6) is -0.170. The van der Waals surface area contributed by atoms with Crippen molar-refractivity contribution < 1.29 is 28.2 Å². The molecule has 0 unspecified atom stereocenters. The molecular formula is C14H32N2O6S. The molecule has 0 bridgehead atoms. The van der Waals surface area contributed by atoms with E-state index in [1.807, 2.05) is 0 Å². The van der Waals surface area contributed by atoms with E-state index in [1.54, 1.807) is 0 Å². The summed E-state index contributed by atoms with van der Waals surface area (Å²) in [7, 11) is -3.81. The Balaban J connectivity index is 3.03. The molecule has 0 spiro atoms. The average Bonchev–Trinajstić information content (AvgIpc) is 2.49. The first kappa shape index (κ1) is 22.7. The maximum Gasteiger partial charge on any atom is 0.264 e. The lowest BCUT2D eigenvalue weighted by Crippen LogP contribution is -2.20. The van der Waals surface area contributed by atoms with Crippen LogP contribution in [0.3, 0.4) is 0 Å². The maximum atomic E-state index is 10.5. The highest BCUT2D eigenvalue weighted by molar-refractivity contribution is 7.85. The molecule has 0 radical (unpaired) electrons. The van der Waals surface area contributed by atoms with E-state index in [9.17, 15) is 8.42 Å². The van der Waals surface area contributed by atoms with Gasteiger partial charge in [-0.1, -0.05) is 37.1 Å². The Morgan fingerprint density at radius 2 is 1.22 bits per heavy atom. The topological polar surface area (TPSA) is 117 Å². The highest BCUT2D eigenvalue weighted by Gasteiger charge is 2.02. The second kappa shape index (κ2) is 16.6. The molecule has 0 amide bonds. The van der Waals surface area contributed by atoms with E-state index in [0.717, 1.165) is 25.9 Å². The van der Waals surface area contributed by atoms with Crippen molar-refractivity contribution in [2.75, 3.05) is 38.5 Å². The Labute approximate surface area is 139 Å². The van der Waals surface area contributed by atoms with Crippen LogP contribution >= 0.6 is 0 Å². The van der Waals surface area contributed by atoms with Gasteiger partial charge >= 0.3 is 0 Å². The lowest BCUT2D eigenvalue weighted by atomic mass is 10.1. The maximum absolute atomic E-state index is 10.5. The van der Waals surface area contributed by atoms with Crippen molar-refractivity contribution in [2.45, 2.75) is 51.4 Å². The molecule has 4 N–H and O–H groups in total. The summed E-state index contributed by atoms with van der Waals surface area (Å²) < 4.78 is 29.6. The second-order valence-corrected chi connectivity index (χ2v) is 7.08. The van der Waals surface area contributed by atoms with Crippen LogP contribution in [0.25, 0.3) is 0 Å². The van der Waals surface area contributed by atoms with Crippen LogP contribution in [0.2, 0.25) is 0 Å². The van der Waals surface area contributed by atoms with E-state index in [1.165, 1.54) is 32.1 Å². The number of rotatable bonds is 18. The summed E-state index contributed by atoms with van der Waals surface area (Å²) in [6, 6.07) is 0. The Hall–Kier alpha value is -0.290. The van der Waals surface area contributed by atoms with Gasteiger partial charge in [0.25, 0.3) is 10.1 Å². The molecule has 0 aliphatic carbocycles. The molecule has 8 nitrogen and oxygen atoms in total. The largest absolute Gasteiger partial charge is 0.317 e. The summed E-state index contributed by atoms with van der Waals surface area (Å²) in [5.41, 5.74) is 0. The van der Waals surface area contributed by atoms with Gasteiger partial charge in [-0.15, -0.1) is 0 Å². The van der Waals surface area contributed by atoms with Crippen LogP contribution in [0.5, 0.6) is 0 Å². The van der Waals surface area contributed by atoms with Crippen LogP contribution in [0.15, 0.2) is 0 Å². The fourth-order valence-electron chi connectivity index (χ4n) is 2.16. The van der Waals surface area contributed by atoms with Gasteiger partial charge in [-0.3, -0.25) is 4.55 Å². The molecule has 0 aromatic heterocycles. The van der Waals surface area contributed by atoms with Crippen molar-refractivity contribution in [3.05, 3.63) is 0 Å². The number of hydrogen-bond acceptors (Lipinski definition) is 7. The molecule has 0 heterocycles. The third kappa shape index (κ3) is 21.7. The molecule has 0 atom stereocenters. The van der Waals surface area contributed by atoms with Crippen molar-refractivity contribution in [1.82, 2.24) is 10.6 Å². The average molecular weight is 356 g/mol. The molecule has 0 saturated carbocycles. The van der Waals surface area contributed by atoms with Crippen LogP contribution in [0.1, 0.15) is 51.4 Å². The SMILES string of the molecule is O=S(=O)(O)CCCNCCCCCCCCCNCCOOO. The van der Waals surface area contributed by atoms with Crippen molar-refractivity contribution in [2.24, 2.45) is 0 Å². The van der Waals surface area contributed by atoms with Crippen LogP contribution in [-0.4, -0.2) is 56.8 Å². The van der Waals surface area contributed by atoms with Gasteiger partial charge in [-0.05, 0) is 38.9 Å². The molecule has 9 heteroatoms. The molecule has 0 saturated heterocycles. The van der Waals surface area contributed by atoms with Gasteiger partial charge < -0.3 is 10.6 Å². The Kier molecular flexibility index (Phi) is 16.4. The lowest BCUT2D eigenvalue weighted by molar-refractivity contribution is -0.489. The van der Waals surface area contributed by atoms with E-state index in [0.29, 0.717) is 26.1 Å². The first-order chi connectivity index (χ1) is 11.1. The zero-order valence-corrected chi connectivity index (χ0v) is 14.7. The predicted octanol–water partition coefficient (Wildman–Crippen LogP) is 1.60. The van der Waals surface area contributed by atoms with Gasteiger partial charge in [0.15, 0.2) is 0 Å². The lowest BCUT2D eigenvalue weighted by Gasteiger charge is -2.05. The molecule has 140 valence electrons. The van der Waals surface area contributed by atoms with E-state index in [-0.39, 0.29) is 5.75 Å². The summed E-state index contributed by atoms with van der Waals surface area (Å²) in [5, 5.41) is 17.8. The van der Waals surface area contributed by atoms with E-state index < -0.39 is 10.1 Å². The van der Waals surface area contributed by atoms with E-state index in [4.69, 9.17) is 9.81 Å². The van der Waals surface area contributed by atoms with Crippen molar-refractivity contribution in [3.8, 4) is 0 Å². The molecule has 0 rings (SSSR count). The Morgan fingerprint density at radius 1 is 0.739 bits per heavy atom. The van der Waals surface area contributed by atoms with Crippen LogP contribution < -0.4 is 10.6 Å². The normalized spacial score (nSPS) is 11.9. The Bertz CT molecular complexity index is 340. The molecule has 0 aliphatic rings. The monoisotopic (exact) mass is 356 g/mol. The number of nitrogens with one attached hydrogen (secondary N) is 2. The Morgan fingerprint density at radius 3 is 1.74 bits per heavy atom. The van der Waals surface area contributed by atoms with Crippen molar-refractivity contribution in [3.63, 3.8) is 0 Å². The molecule has 0 aliphatic heterocycles. The zero-order valence-electron chi connectivity index (χ0n) is 13.8.